The van der Waals surface area contributed by atoms with Gasteiger partial charge in [-0.05, 0) is 87.5 Å². The summed E-state index contributed by atoms with van der Waals surface area (Å²) in [6, 6.07) is 56.2. The molecule has 1 aliphatic heterocycles. The lowest BCUT2D eigenvalue weighted by Crippen LogP contribution is -1.99. The zero-order valence-electron chi connectivity index (χ0n) is 28.3. The van der Waals surface area contributed by atoms with Crippen LogP contribution in [-0.4, -0.2) is 14.1 Å². The lowest BCUT2D eigenvalue weighted by molar-refractivity contribution is 0.670. The van der Waals surface area contributed by atoms with Crippen LogP contribution in [0.3, 0.4) is 0 Å². The molecule has 3 aromatic heterocycles. The molecule has 0 fully saturated rings. The number of aromatic nitrogens is 3. The van der Waals surface area contributed by atoms with Gasteiger partial charge >= 0.3 is 0 Å². The second-order valence-electron chi connectivity index (χ2n) is 13.3. The maximum absolute atomic E-state index is 6.43. The molecule has 0 bridgehead atoms. The van der Waals surface area contributed by atoms with Crippen molar-refractivity contribution in [1.82, 2.24) is 14.1 Å². The number of hydrogen-bond acceptors (Lipinski definition) is 3. The third-order valence-electron chi connectivity index (χ3n) is 10.3. The molecule has 0 spiro atoms. The molecule has 53 heavy (non-hydrogen) atoms. The van der Waals surface area contributed by atoms with Crippen LogP contribution in [0.2, 0.25) is 0 Å². The topological polar surface area (TPSA) is 48.2 Å². The lowest BCUT2D eigenvalue weighted by Gasteiger charge is -2.13. The monoisotopic (exact) mass is 792 g/mol. The molecule has 0 saturated carbocycles. The summed E-state index contributed by atoms with van der Waals surface area (Å²) < 4.78 is 17.7. The first-order valence-corrected chi connectivity index (χ1v) is 19.8. The summed E-state index contributed by atoms with van der Waals surface area (Å²) in [7, 11) is 0. The van der Waals surface area contributed by atoms with Gasteiger partial charge in [0.05, 0.1) is 22.1 Å². The molecule has 7 aromatic carbocycles. The highest BCUT2D eigenvalue weighted by molar-refractivity contribution is 14.2. The first-order chi connectivity index (χ1) is 26.3. The van der Waals surface area contributed by atoms with Gasteiger partial charge in [-0.25, -0.2) is 8.13 Å². The molecule has 0 N–H and O–H groups in total. The van der Waals surface area contributed by atoms with Crippen molar-refractivity contribution >= 4 is 81.4 Å². The van der Waals surface area contributed by atoms with Crippen LogP contribution >= 0.6 is 21.0 Å². The van der Waals surface area contributed by atoms with E-state index in [1.54, 1.807) is 0 Å². The summed E-state index contributed by atoms with van der Waals surface area (Å²) >= 11 is -0.258. The first kappa shape index (κ1) is 30.3. The number of hydrogen-bond donors (Lipinski definition) is 0. The number of rotatable bonds is 5. The van der Waals surface area contributed by atoms with Gasteiger partial charge < -0.3 is 8.98 Å². The molecule has 6 heteroatoms. The van der Waals surface area contributed by atoms with Gasteiger partial charge in [-0.3, -0.25) is 4.57 Å². The molecule has 4 heterocycles. The highest BCUT2D eigenvalue weighted by atomic mass is 127. The summed E-state index contributed by atoms with van der Waals surface area (Å²) in [5.74, 6) is 0.921. The summed E-state index contributed by atoms with van der Waals surface area (Å²) in [5, 5.41) is 4.70. The molecule has 1 aliphatic rings. The average Bonchev–Trinajstić information content (AvgIpc) is 3.91. The van der Waals surface area contributed by atoms with E-state index in [4.69, 9.17) is 9.40 Å². The van der Waals surface area contributed by atoms with Crippen LogP contribution in [0.1, 0.15) is 5.56 Å². The van der Waals surface area contributed by atoms with E-state index in [9.17, 15) is 0 Å². The smallest absolute Gasteiger partial charge is 0.145 e. The zero-order valence-corrected chi connectivity index (χ0v) is 30.5. The molecule has 0 aliphatic carbocycles. The number of para-hydroxylation sites is 5. The van der Waals surface area contributed by atoms with Crippen molar-refractivity contribution in [3.63, 3.8) is 0 Å². The van der Waals surface area contributed by atoms with Crippen molar-refractivity contribution in [2.75, 3.05) is 0 Å². The van der Waals surface area contributed by atoms with Gasteiger partial charge in [0, 0.05) is 71.3 Å². The van der Waals surface area contributed by atoms with Gasteiger partial charge in [0.2, 0.25) is 0 Å². The fourth-order valence-corrected chi connectivity index (χ4v) is 9.23. The standard InChI is InChI=1S/C47H29IN4O/c1-4-13-42-37(8-1)40-28-32(36-10-7-11-39-38-9-2-6-15-45(38)53-46(36)39)20-25-43(40)51(42)34-21-23-35(24-22-34)52-44-14-5-3-12-41(44)50-47(52)31-18-16-30(17-19-31)33-26-27-49-48-29-33/h1-29H. The number of fused-ring (bicyclic) bond motifs is 7. The van der Waals surface area contributed by atoms with Crippen LogP contribution < -0.4 is 0 Å². The van der Waals surface area contributed by atoms with Crippen molar-refractivity contribution in [2.45, 2.75) is 0 Å². The predicted octanol–water partition coefficient (Wildman–Crippen LogP) is 13.4. The highest BCUT2D eigenvalue weighted by Crippen LogP contribution is 2.40. The van der Waals surface area contributed by atoms with Crippen molar-refractivity contribution < 1.29 is 4.42 Å². The van der Waals surface area contributed by atoms with Crippen molar-refractivity contribution in [3.05, 3.63) is 180 Å². The maximum Gasteiger partial charge on any atom is 0.145 e. The molecular weight excluding hydrogens is 763 g/mol. The van der Waals surface area contributed by atoms with Crippen LogP contribution in [0.25, 0.3) is 94.2 Å². The van der Waals surface area contributed by atoms with Crippen LogP contribution in [0.15, 0.2) is 182 Å². The van der Waals surface area contributed by atoms with Gasteiger partial charge in [0.15, 0.2) is 0 Å². The number of furan rings is 1. The Morgan fingerprint density at radius 3 is 2.02 bits per heavy atom. The molecule has 5 nitrogen and oxygen atoms in total. The molecule has 0 atom stereocenters. The molecule has 0 unspecified atom stereocenters. The van der Waals surface area contributed by atoms with Crippen molar-refractivity contribution in [3.8, 4) is 33.9 Å². The maximum atomic E-state index is 6.43. The normalized spacial score (nSPS) is 13.0. The quantitative estimate of drug-likeness (QED) is 0.163. The Kier molecular flexibility index (Phi) is 6.91. The fraction of sp³-hybridized carbons (Fsp3) is 0. The molecule has 0 saturated heterocycles. The minimum absolute atomic E-state index is 0.258. The number of imidazole rings is 1. The molecular formula is C47H29IN4O. The number of allylic oxidation sites excluding steroid dienone is 2. The largest absolute Gasteiger partial charge is 0.455 e. The summed E-state index contributed by atoms with van der Waals surface area (Å²) in [6.45, 7) is 0. The third kappa shape index (κ3) is 4.86. The predicted molar refractivity (Wildman–Crippen MR) is 227 cm³/mol. The highest BCUT2D eigenvalue weighted by Gasteiger charge is 2.18. The summed E-state index contributed by atoms with van der Waals surface area (Å²) in [6.07, 6.45) is 4.02. The van der Waals surface area contributed by atoms with E-state index in [1.807, 2.05) is 18.3 Å². The Morgan fingerprint density at radius 1 is 0.509 bits per heavy atom. The first-order valence-electron chi connectivity index (χ1n) is 17.6. The van der Waals surface area contributed by atoms with Crippen molar-refractivity contribution in [1.29, 1.82) is 0 Å². The Bertz CT molecular complexity index is 3160. The molecule has 0 amide bonds. The van der Waals surface area contributed by atoms with Gasteiger partial charge in [0.25, 0.3) is 0 Å². The Labute approximate surface area is 314 Å². The van der Waals surface area contributed by atoms with E-state index in [2.05, 4.69) is 168 Å². The average molecular weight is 793 g/mol. The zero-order chi connectivity index (χ0) is 34.9. The van der Waals surface area contributed by atoms with E-state index in [0.29, 0.717) is 0 Å². The van der Waals surface area contributed by atoms with Gasteiger partial charge in [-0.1, -0.05) is 97.1 Å². The second kappa shape index (κ2) is 12.1. The van der Waals surface area contributed by atoms with Gasteiger partial charge in [-0.2, -0.15) is 0 Å². The van der Waals surface area contributed by atoms with Crippen LogP contribution in [-0.2, 0) is 0 Å². The van der Waals surface area contributed by atoms with Crippen LogP contribution in [0.5, 0.6) is 0 Å². The molecule has 10 aromatic rings. The van der Waals surface area contributed by atoms with E-state index in [0.717, 1.165) is 72.4 Å². The van der Waals surface area contributed by atoms with E-state index < -0.39 is 0 Å². The number of nitrogens with zero attached hydrogens (tertiary/aromatic N) is 4. The fourth-order valence-electron chi connectivity index (χ4n) is 7.85. The minimum atomic E-state index is -0.258. The summed E-state index contributed by atoms with van der Waals surface area (Å²) in [4.78, 5) is 5.13. The Morgan fingerprint density at radius 2 is 1.19 bits per heavy atom. The van der Waals surface area contributed by atoms with E-state index in [-0.39, 0.29) is 21.0 Å². The van der Waals surface area contributed by atoms with E-state index >= 15 is 0 Å². The van der Waals surface area contributed by atoms with Gasteiger partial charge in [0.1, 0.15) is 17.0 Å². The second-order valence-corrected chi connectivity index (χ2v) is 15.0. The van der Waals surface area contributed by atoms with Crippen LogP contribution in [0, 0.1) is 0 Å². The Balaban J connectivity index is 1.02. The van der Waals surface area contributed by atoms with Crippen LogP contribution in [0.4, 0.5) is 0 Å². The molecule has 11 rings (SSSR count). The number of benzene rings is 7. The van der Waals surface area contributed by atoms with Crippen molar-refractivity contribution in [2.24, 2.45) is 3.15 Å². The van der Waals surface area contributed by atoms with Gasteiger partial charge in [-0.15, -0.1) is 0 Å². The molecule has 0 radical (unpaired) electrons. The lowest BCUT2D eigenvalue weighted by atomic mass is 10.0. The Hall–Kier alpha value is -6.38. The van der Waals surface area contributed by atoms with E-state index in [1.165, 1.54) is 27.4 Å². The minimum Gasteiger partial charge on any atom is -0.455 e. The number of halogens is 1. The SMILES string of the molecule is C1=CC(c2ccc(-c3nc4ccccc4n3-c3ccc(-n4c5ccccc5c5cc(-c6cccc7c6oc6ccccc67)ccc54)cc3)cc2)=CI=N1. The summed E-state index contributed by atoms with van der Waals surface area (Å²) in [5.41, 5.74) is 14.1. The third-order valence-corrected chi connectivity index (χ3v) is 11.9. The molecule has 250 valence electrons.